The molecule has 0 atom stereocenters. The maximum atomic E-state index is 12.0. The van der Waals surface area contributed by atoms with Crippen molar-refractivity contribution in [3.8, 4) is 0 Å². The first-order valence-electron chi connectivity index (χ1n) is 4.89. The number of nitrogens with two attached hydrogens (primary N) is 1. The van der Waals surface area contributed by atoms with E-state index in [1.165, 1.54) is 25.3 Å². The zero-order valence-corrected chi connectivity index (χ0v) is 11.4. The molecule has 0 fully saturated rings. The number of hydrogen-bond donors (Lipinski definition) is 1. The third kappa shape index (κ3) is 3.16. The van der Waals surface area contributed by atoms with E-state index < -0.39 is 20.0 Å². The summed E-state index contributed by atoms with van der Waals surface area (Å²) in [4.78, 5) is -0.132. The predicted molar refractivity (Wildman–Crippen MR) is 67.8 cm³/mol. The molecule has 0 aliphatic heterocycles. The van der Waals surface area contributed by atoms with E-state index >= 15 is 0 Å². The lowest BCUT2D eigenvalue weighted by Gasteiger charge is -2.15. The molecule has 1 rings (SSSR count). The first-order valence-corrected chi connectivity index (χ1v) is 7.88. The molecule has 0 saturated heterocycles. The topological polar surface area (TPSA) is 97.5 Å². The first-order chi connectivity index (χ1) is 8.19. The van der Waals surface area contributed by atoms with Crippen molar-refractivity contribution in [3.63, 3.8) is 0 Å². The summed E-state index contributed by atoms with van der Waals surface area (Å²) in [6.45, 7) is 3.62. The highest BCUT2D eigenvalue weighted by Gasteiger charge is 2.20. The minimum absolute atomic E-state index is 0.000694. The minimum Gasteiger partial charge on any atom is -0.225 e. The van der Waals surface area contributed by atoms with Gasteiger partial charge in [-0.15, -0.1) is 6.58 Å². The minimum atomic E-state index is -3.82. The lowest BCUT2D eigenvalue weighted by molar-refractivity contribution is 0.499. The SMILES string of the molecule is C=CCN(C)S(=O)(=O)c1ccc(S(N)(=O)=O)cc1. The van der Waals surface area contributed by atoms with Gasteiger partial charge in [0, 0.05) is 13.6 Å². The van der Waals surface area contributed by atoms with Crippen molar-refractivity contribution < 1.29 is 16.8 Å². The van der Waals surface area contributed by atoms with Crippen molar-refractivity contribution >= 4 is 20.0 Å². The van der Waals surface area contributed by atoms with Crippen molar-refractivity contribution in [2.75, 3.05) is 13.6 Å². The van der Waals surface area contributed by atoms with Crippen molar-refractivity contribution in [1.29, 1.82) is 0 Å². The molecule has 0 aromatic heterocycles. The fourth-order valence-electron chi connectivity index (χ4n) is 1.26. The van der Waals surface area contributed by atoms with E-state index in [1.807, 2.05) is 0 Å². The van der Waals surface area contributed by atoms with Gasteiger partial charge in [-0.25, -0.2) is 22.0 Å². The number of sulfonamides is 2. The average molecular weight is 290 g/mol. The Morgan fingerprint density at radius 3 is 2.00 bits per heavy atom. The Hall–Kier alpha value is -1.22. The zero-order valence-electron chi connectivity index (χ0n) is 9.78. The average Bonchev–Trinajstić information content (AvgIpc) is 2.28. The summed E-state index contributed by atoms with van der Waals surface area (Å²) >= 11 is 0. The lowest BCUT2D eigenvalue weighted by Crippen LogP contribution is -2.27. The van der Waals surface area contributed by atoms with Gasteiger partial charge in [-0.3, -0.25) is 0 Å². The Balaban J connectivity index is 3.17. The molecule has 100 valence electrons. The molecule has 0 aliphatic carbocycles. The zero-order chi connectivity index (χ0) is 14.0. The van der Waals surface area contributed by atoms with E-state index in [0.717, 1.165) is 16.4 Å². The van der Waals surface area contributed by atoms with Gasteiger partial charge in [-0.2, -0.15) is 4.31 Å². The van der Waals surface area contributed by atoms with Crippen LogP contribution in [0, 0.1) is 0 Å². The van der Waals surface area contributed by atoms with Crippen molar-refractivity contribution in [2.24, 2.45) is 5.14 Å². The van der Waals surface area contributed by atoms with Crippen LogP contribution in [0.15, 0.2) is 46.7 Å². The highest BCUT2D eigenvalue weighted by molar-refractivity contribution is 7.89. The van der Waals surface area contributed by atoms with E-state index in [2.05, 4.69) is 6.58 Å². The van der Waals surface area contributed by atoms with E-state index in [1.54, 1.807) is 0 Å². The maximum Gasteiger partial charge on any atom is 0.243 e. The number of rotatable bonds is 5. The largest absolute Gasteiger partial charge is 0.243 e. The number of hydrogen-bond acceptors (Lipinski definition) is 4. The predicted octanol–water partition coefficient (Wildman–Crippen LogP) is 0.140. The highest BCUT2D eigenvalue weighted by atomic mass is 32.2. The standard InChI is InChI=1S/C10H14N2O4S2/c1-3-8-12(2)18(15,16)10-6-4-9(5-7-10)17(11,13)14/h3-7H,1,8H2,2H3,(H2,11,13,14). The summed E-state index contributed by atoms with van der Waals surface area (Å²) in [6, 6.07) is 4.72. The molecule has 0 unspecified atom stereocenters. The Morgan fingerprint density at radius 1 is 1.17 bits per heavy atom. The molecule has 18 heavy (non-hydrogen) atoms. The van der Waals surface area contributed by atoms with Crippen LogP contribution < -0.4 is 5.14 Å². The Morgan fingerprint density at radius 2 is 1.61 bits per heavy atom. The molecule has 0 spiro atoms. The third-order valence-corrected chi connectivity index (χ3v) is 5.01. The number of likely N-dealkylation sites (N-methyl/N-ethyl adjacent to an activating group) is 1. The number of nitrogens with zero attached hydrogens (tertiary/aromatic N) is 1. The molecular weight excluding hydrogens is 276 g/mol. The molecule has 8 heteroatoms. The normalized spacial score (nSPS) is 12.6. The molecule has 0 bridgehead atoms. The van der Waals surface area contributed by atoms with Gasteiger partial charge in [0.25, 0.3) is 0 Å². The van der Waals surface area contributed by atoms with Crippen LogP contribution in [0.1, 0.15) is 0 Å². The third-order valence-electron chi connectivity index (χ3n) is 2.25. The van der Waals surface area contributed by atoms with E-state index in [9.17, 15) is 16.8 Å². The number of primary sulfonamides is 1. The molecule has 1 aromatic rings. The maximum absolute atomic E-state index is 12.0. The van der Waals surface area contributed by atoms with E-state index in [0.29, 0.717) is 0 Å². The number of benzene rings is 1. The van der Waals surface area contributed by atoms with Gasteiger partial charge in [0.2, 0.25) is 20.0 Å². The van der Waals surface area contributed by atoms with Crippen molar-refractivity contribution in [2.45, 2.75) is 9.79 Å². The van der Waals surface area contributed by atoms with Gasteiger partial charge in [-0.1, -0.05) is 6.08 Å². The van der Waals surface area contributed by atoms with Crippen LogP contribution >= 0.6 is 0 Å². The van der Waals surface area contributed by atoms with Gasteiger partial charge >= 0.3 is 0 Å². The molecular formula is C10H14N2O4S2. The second-order valence-electron chi connectivity index (χ2n) is 3.59. The summed E-state index contributed by atoms with van der Waals surface area (Å²) in [6.07, 6.45) is 1.45. The molecule has 2 N–H and O–H groups in total. The van der Waals surface area contributed by atoms with Gasteiger partial charge < -0.3 is 0 Å². The van der Waals surface area contributed by atoms with Crippen LogP contribution in [-0.2, 0) is 20.0 Å². The first kappa shape index (κ1) is 14.8. The fraction of sp³-hybridized carbons (Fsp3) is 0.200. The van der Waals surface area contributed by atoms with Crippen LogP contribution in [0.4, 0.5) is 0 Å². The van der Waals surface area contributed by atoms with Gasteiger partial charge in [0.15, 0.2) is 0 Å². The van der Waals surface area contributed by atoms with E-state index in [-0.39, 0.29) is 16.3 Å². The summed E-state index contributed by atoms with van der Waals surface area (Å²) in [5.41, 5.74) is 0. The molecule has 0 amide bonds. The fourth-order valence-corrected chi connectivity index (χ4v) is 2.92. The monoisotopic (exact) mass is 290 g/mol. The second-order valence-corrected chi connectivity index (χ2v) is 7.20. The summed E-state index contributed by atoms with van der Waals surface area (Å²) in [7, 11) is -6.05. The van der Waals surface area contributed by atoms with Gasteiger partial charge in [0.1, 0.15) is 0 Å². The van der Waals surface area contributed by atoms with Crippen LogP contribution in [0.2, 0.25) is 0 Å². The molecule has 0 heterocycles. The van der Waals surface area contributed by atoms with Crippen molar-refractivity contribution in [1.82, 2.24) is 4.31 Å². The molecule has 1 aromatic carbocycles. The summed E-state index contributed by atoms with van der Waals surface area (Å²) < 4.78 is 47.1. The van der Waals surface area contributed by atoms with Crippen LogP contribution in [0.5, 0.6) is 0 Å². The molecule has 0 saturated carbocycles. The van der Waals surface area contributed by atoms with Crippen LogP contribution in [0.25, 0.3) is 0 Å². The summed E-state index contributed by atoms with van der Waals surface area (Å²) in [5, 5.41) is 4.92. The quantitative estimate of drug-likeness (QED) is 0.780. The smallest absolute Gasteiger partial charge is 0.225 e. The summed E-state index contributed by atoms with van der Waals surface area (Å²) in [5.74, 6) is 0. The highest BCUT2D eigenvalue weighted by Crippen LogP contribution is 2.16. The Kier molecular flexibility index (Phi) is 4.28. The van der Waals surface area contributed by atoms with Crippen LogP contribution in [0.3, 0.4) is 0 Å². The Bertz CT molecular complexity index is 633. The van der Waals surface area contributed by atoms with Crippen molar-refractivity contribution in [3.05, 3.63) is 36.9 Å². The second kappa shape index (κ2) is 5.19. The molecule has 0 aliphatic rings. The van der Waals surface area contributed by atoms with Gasteiger partial charge in [0.05, 0.1) is 9.79 Å². The van der Waals surface area contributed by atoms with Gasteiger partial charge in [-0.05, 0) is 24.3 Å². The molecule has 0 radical (unpaired) electrons. The Labute approximate surface area is 107 Å². The lowest BCUT2D eigenvalue weighted by atomic mass is 10.4. The molecule has 6 nitrogen and oxygen atoms in total. The van der Waals surface area contributed by atoms with E-state index in [4.69, 9.17) is 5.14 Å². The van der Waals surface area contributed by atoms with Crippen LogP contribution in [-0.4, -0.2) is 34.7 Å².